The first-order valence-corrected chi connectivity index (χ1v) is 9.29. The maximum absolute atomic E-state index is 12.5. The third-order valence-corrected chi connectivity index (χ3v) is 4.48. The monoisotopic (exact) mass is 356 g/mol. The zero-order valence-electron chi connectivity index (χ0n) is 14.9. The van der Waals surface area contributed by atoms with Gasteiger partial charge in [0, 0.05) is 32.1 Å². The van der Waals surface area contributed by atoms with Crippen molar-refractivity contribution >= 4 is 23.2 Å². The van der Waals surface area contributed by atoms with Crippen molar-refractivity contribution < 1.29 is 19.1 Å². The van der Waals surface area contributed by atoms with E-state index in [0.29, 0.717) is 31.8 Å². The molecule has 24 heavy (non-hydrogen) atoms. The number of esters is 1. The van der Waals surface area contributed by atoms with Gasteiger partial charge in [0.1, 0.15) is 5.01 Å². The molecule has 0 atom stereocenters. The minimum absolute atomic E-state index is 0.136. The number of carbonyl (C=O) groups is 2. The minimum atomic E-state index is -0.450. The number of rotatable bonds is 12. The van der Waals surface area contributed by atoms with Gasteiger partial charge in [0.25, 0.3) is 0 Å². The van der Waals surface area contributed by atoms with Crippen molar-refractivity contribution in [1.82, 2.24) is 9.88 Å². The summed E-state index contributed by atoms with van der Waals surface area (Å²) in [4.78, 5) is 30.0. The first-order valence-electron chi connectivity index (χ1n) is 8.41. The van der Waals surface area contributed by atoms with Crippen molar-refractivity contribution in [3.05, 3.63) is 16.1 Å². The highest BCUT2D eigenvalue weighted by Crippen LogP contribution is 2.15. The van der Waals surface area contributed by atoms with Crippen LogP contribution in [0.1, 0.15) is 60.9 Å². The number of methoxy groups -OCH3 is 2. The number of hydrogen-bond acceptors (Lipinski definition) is 6. The molecule has 1 heterocycles. The standard InChI is InChI=1S/C17H28N2O4S/c1-4-5-6-7-9-16(20)19(10-8-11-22-2)12-15-18-14(13-24-15)17(21)23-3/h13H,4-12H2,1-3H3. The summed E-state index contributed by atoms with van der Waals surface area (Å²) in [7, 11) is 2.98. The number of carbonyl (C=O) groups excluding carboxylic acids is 2. The zero-order chi connectivity index (χ0) is 17.8. The molecule has 0 aliphatic heterocycles. The van der Waals surface area contributed by atoms with E-state index >= 15 is 0 Å². The quantitative estimate of drug-likeness (QED) is 0.425. The number of unbranched alkanes of at least 4 members (excludes halogenated alkanes) is 3. The Morgan fingerprint density at radius 3 is 2.67 bits per heavy atom. The molecule has 1 rings (SSSR count). The summed E-state index contributed by atoms with van der Waals surface area (Å²) < 4.78 is 9.74. The first kappa shape index (κ1) is 20.6. The molecule has 0 aliphatic rings. The SMILES string of the molecule is CCCCCCC(=O)N(CCCOC)Cc1nc(C(=O)OC)cs1. The van der Waals surface area contributed by atoms with Gasteiger partial charge in [0.05, 0.1) is 13.7 Å². The number of aromatic nitrogens is 1. The van der Waals surface area contributed by atoms with Crippen molar-refractivity contribution in [3.63, 3.8) is 0 Å². The molecule has 0 fully saturated rings. The van der Waals surface area contributed by atoms with Gasteiger partial charge in [-0.25, -0.2) is 9.78 Å². The maximum atomic E-state index is 12.5. The van der Waals surface area contributed by atoms with Crippen molar-refractivity contribution in [2.24, 2.45) is 0 Å². The number of nitrogens with zero attached hydrogens (tertiary/aromatic N) is 2. The molecule has 0 radical (unpaired) electrons. The van der Waals surface area contributed by atoms with Crippen molar-refractivity contribution in [3.8, 4) is 0 Å². The molecular weight excluding hydrogens is 328 g/mol. The Balaban J connectivity index is 2.61. The Morgan fingerprint density at radius 1 is 1.21 bits per heavy atom. The van der Waals surface area contributed by atoms with Crippen LogP contribution in [0.3, 0.4) is 0 Å². The van der Waals surface area contributed by atoms with Crippen LogP contribution < -0.4 is 0 Å². The molecule has 1 aromatic heterocycles. The van der Waals surface area contributed by atoms with Crippen LogP contribution in [0.15, 0.2) is 5.38 Å². The summed E-state index contributed by atoms with van der Waals surface area (Å²) in [5.74, 6) is -0.314. The van der Waals surface area contributed by atoms with E-state index in [1.54, 1.807) is 12.5 Å². The largest absolute Gasteiger partial charge is 0.464 e. The molecule has 1 amide bonds. The van der Waals surface area contributed by atoms with Gasteiger partial charge >= 0.3 is 5.97 Å². The van der Waals surface area contributed by atoms with Crippen molar-refractivity contribution in [2.75, 3.05) is 27.4 Å². The first-order chi connectivity index (χ1) is 11.6. The van der Waals surface area contributed by atoms with Crippen LogP contribution in [0.4, 0.5) is 0 Å². The smallest absolute Gasteiger partial charge is 0.357 e. The van der Waals surface area contributed by atoms with E-state index in [-0.39, 0.29) is 5.91 Å². The number of hydrogen-bond donors (Lipinski definition) is 0. The van der Waals surface area contributed by atoms with Crippen LogP contribution in [0, 0.1) is 0 Å². The Bertz CT molecular complexity index is 505. The molecule has 0 saturated heterocycles. The summed E-state index contributed by atoms with van der Waals surface area (Å²) in [5.41, 5.74) is 0.296. The van der Waals surface area contributed by atoms with Gasteiger partial charge in [-0.05, 0) is 12.8 Å². The van der Waals surface area contributed by atoms with E-state index in [1.165, 1.54) is 18.4 Å². The lowest BCUT2D eigenvalue weighted by Gasteiger charge is -2.21. The lowest BCUT2D eigenvalue weighted by atomic mass is 10.1. The summed E-state index contributed by atoms with van der Waals surface area (Å²) in [6, 6.07) is 0. The Kier molecular flexibility index (Phi) is 10.3. The van der Waals surface area contributed by atoms with Crippen LogP contribution in [0.2, 0.25) is 0 Å². The predicted molar refractivity (Wildman–Crippen MR) is 94.1 cm³/mol. The molecule has 0 aliphatic carbocycles. The number of thiazole rings is 1. The van der Waals surface area contributed by atoms with Crippen LogP contribution in [0.5, 0.6) is 0 Å². The maximum Gasteiger partial charge on any atom is 0.357 e. The minimum Gasteiger partial charge on any atom is -0.464 e. The lowest BCUT2D eigenvalue weighted by molar-refractivity contribution is -0.132. The van der Waals surface area contributed by atoms with E-state index in [0.717, 1.165) is 37.1 Å². The third-order valence-electron chi connectivity index (χ3n) is 3.65. The molecule has 0 spiro atoms. The van der Waals surface area contributed by atoms with Gasteiger partial charge in [-0.1, -0.05) is 26.2 Å². The second-order valence-corrected chi connectivity index (χ2v) is 6.53. The number of amides is 1. The lowest BCUT2D eigenvalue weighted by Crippen LogP contribution is -2.32. The molecule has 0 aromatic carbocycles. The summed E-state index contributed by atoms with van der Waals surface area (Å²) in [5, 5.41) is 2.41. The molecule has 0 unspecified atom stereocenters. The Labute approximate surface area is 148 Å². The fourth-order valence-corrected chi connectivity index (χ4v) is 3.08. The molecular formula is C17H28N2O4S. The van der Waals surface area contributed by atoms with E-state index in [4.69, 9.17) is 4.74 Å². The number of ether oxygens (including phenoxy) is 2. The highest BCUT2D eigenvalue weighted by molar-refractivity contribution is 7.09. The van der Waals surface area contributed by atoms with E-state index in [9.17, 15) is 9.59 Å². The summed E-state index contributed by atoms with van der Waals surface area (Å²) in [6.45, 7) is 3.83. The van der Waals surface area contributed by atoms with E-state index in [2.05, 4.69) is 16.6 Å². The highest BCUT2D eigenvalue weighted by Gasteiger charge is 2.17. The average Bonchev–Trinajstić information content (AvgIpc) is 3.05. The van der Waals surface area contributed by atoms with Gasteiger partial charge in [-0.15, -0.1) is 11.3 Å². The Morgan fingerprint density at radius 2 is 2.00 bits per heavy atom. The molecule has 1 aromatic rings. The van der Waals surface area contributed by atoms with Crippen molar-refractivity contribution in [1.29, 1.82) is 0 Å². The third kappa shape index (κ3) is 7.40. The zero-order valence-corrected chi connectivity index (χ0v) is 15.7. The fourth-order valence-electron chi connectivity index (χ4n) is 2.30. The van der Waals surface area contributed by atoms with Crippen molar-refractivity contribution in [2.45, 2.75) is 52.0 Å². The van der Waals surface area contributed by atoms with E-state index in [1.807, 2.05) is 4.90 Å². The normalized spacial score (nSPS) is 10.6. The summed E-state index contributed by atoms with van der Waals surface area (Å²) >= 11 is 1.37. The molecule has 0 saturated carbocycles. The van der Waals surface area contributed by atoms with Gasteiger partial charge in [-0.3, -0.25) is 4.79 Å². The van der Waals surface area contributed by atoms with Crippen LogP contribution >= 0.6 is 11.3 Å². The Hall–Kier alpha value is -1.47. The molecule has 7 heteroatoms. The summed E-state index contributed by atoms with van der Waals surface area (Å²) in [6.07, 6.45) is 5.65. The van der Waals surface area contributed by atoms with Crippen LogP contribution in [-0.4, -0.2) is 49.1 Å². The van der Waals surface area contributed by atoms with Gasteiger partial charge in [0.2, 0.25) is 5.91 Å². The topological polar surface area (TPSA) is 68.7 Å². The molecule has 6 nitrogen and oxygen atoms in total. The van der Waals surface area contributed by atoms with Gasteiger partial charge in [-0.2, -0.15) is 0 Å². The van der Waals surface area contributed by atoms with Crippen LogP contribution in [-0.2, 0) is 20.8 Å². The van der Waals surface area contributed by atoms with Gasteiger partial charge < -0.3 is 14.4 Å². The average molecular weight is 356 g/mol. The molecule has 0 N–H and O–H groups in total. The second-order valence-electron chi connectivity index (χ2n) is 5.59. The molecule has 0 bridgehead atoms. The van der Waals surface area contributed by atoms with Gasteiger partial charge in [0.15, 0.2) is 5.69 Å². The van der Waals surface area contributed by atoms with Crippen LogP contribution in [0.25, 0.3) is 0 Å². The molecule has 136 valence electrons. The predicted octanol–water partition coefficient (Wildman–Crippen LogP) is 3.27. The second kappa shape index (κ2) is 12.0. The fraction of sp³-hybridized carbons (Fsp3) is 0.706. The van der Waals surface area contributed by atoms with E-state index < -0.39 is 5.97 Å². The highest BCUT2D eigenvalue weighted by atomic mass is 32.1.